The van der Waals surface area contributed by atoms with Crippen LogP contribution in [0.1, 0.15) is 6.92 Å². The van der Waals surface area contributed by atoms with E-state index in [4.69, 9.17) is 15.6 Å². The van der Waals surface area contributed by atoms with Gasteiger partial charge in [-0.3, -0.25) is 4.79 Å². The van der Waals surface area contributed by atoms with Crippen molar-refractivity contribution in [3.63, 3.8) is 0 Å². The number of ether oxygens (including phenoxy) is 1. The van der Waals surface area contributed by atoms with Crippen molar-refractivity contribution in [3.8, 4) is 0 Å². The molecule has 0 aromatic rings. The Morgan fingerprint density at radius 3 is 2.60 bits per heavy atom. The van der Waals surface area contributed by atoms with E-state index >= 15 is 0 Å². The zero-order valence-electron chi connectivity index (χ0n) is 11.2. The van der Waals surface area contributed by atoms with Gasteiger partial charge in [0.25, 0.3) is 0 Å². The number of aliphatic hydroxyl groups is 4. The summed E-state index contributed by atoms with van der Waals surface area (Å²) >= 11 is 1.16. The van der Waals surface area contributed by atoms with Gasteiger partial charge in [-0.05, 0) is 0 Å². The summed E-state index contributed by atoms with van der Waals surface area (Å²) in [5.41, 5.74) is 4.60. The minimum Gasteiger partial charge on any atom is -0.394 e. The summed E-state index contributed by atoms with van der Waals surface area (Å²) < 4.78 is 5.46. The Kier molecular flexibility index (Phi) is 7.17. The third kappa shape index (κ3) is 4.55. The monoisotopic (exact) mass is 310 g/mol. The molecule has 1 aliphatic heterocycles. The van der Waals surface area contributed by atoms with E-state index in [0.717, 1.165) is 11.8 Å². The van der Waals surface area contributed by atoms with E-state index in [1.165, 1.54) is 6.92 Å². The fourth-order valence-electron chi connectivity index (χ4n) is 1.89. The molecule has 1 rings (SSSR count). The zero-order chi connectivity index (χ0) is 15.3. The van der Waals surface area contributed by atoms with Gasteiger partial charge in [0.15, 0.2) is 0 Å². The van der Waals surface area contributed by atoms with Crippen molar-refractivity contribution >= 4 is 17.7 Å². The van der Waals surface area contributed by atoms with Crippen LogP contribution in [0.5, 0.6) is 0 Å². The molecule has 1 amide bonds. The number of hydrogen-bond acceptors (Lipinski definition) is 8. The first-order valence-corrected chi connectivity index (χ1v) is 7.34. The Hall–Kier alpha value is -0.420. The van der Waals surface area contributed by atoms with Gasteiger partial charge in [-0.1, -0.05) is 0 Å². The van der Waals surface area contributed by atoms with Gasteiger partial charge in [-0.15, -0.1) is 11.8 Å². The summed E-state index contributed by atoms with van der Waals surface area (Å²) in [7, 11) is 0. The Morgan fingerprint density at radius 2 is 2.10 bits per heavy atom. The maximum absolute atomic E-state index is 11.2. The molecule has 0 bridgehead atoms. The third-order valence-corrected chi connectivity index (χ3v) is 4.29. The Labute approximate surface area is 121 Å². The average molecular weight is 310 g/mol. The van der Waals surface area contributed by atoms with Crippen molar-refractivity contribution < 1.29 is 30.0 Å². The number of nitrogens with two attached hydrogens (primary N) is 1. The molecule has 8 nitrogen and oxygen atoms in total. The molecule has 9 heteroatoms. The number of nitrogens with one attached hydrogen (secondary N) is 1. The van der Waals surface area contributed by atoms with Gasteiger partial charge in [0.05, 0.1) is 18.8 Å². The molecule has 0 aromatic heterocycles. The molecule has 1 aliphatic rings. The summed E-state index contributed by atoms with van der Waals surface area (Å²) in [4.78, 5) is 11.2. The maximum atomic E-state index is 11.2. The molecule has 0 saturated carbocycles. The molecule has 0 unspecified atom stereocenters. The van der Waals surface area contributed by atoms with Gasteiger partial charge >= 0.3 is 0 Å². The normalized spacial score (nSPS) is 35.6. The minimum absolute atomic E-state index is 0.0825. The van der Waals surface area contributed by atoms with Crippen molar-refractivity contribution in [2.24, 2.45) is 5.73 Å². The van der Waals surface area contributed by atoms with Crippen LogP contribution < -0.4 is 11.1 Å². The molecule has 0 spiro atoms. The predicted octanol–water partition coefficient (Wildman–Crippen LogP) is -3.02. The Balaban J connectivity index is 2.75. The molecule has 118 valence electrons. The van der Waals surface area contributed by atoms with Crippen LogP contribution in [0.2, 0.25) is 0 Å². The van der Waals surface area contributed by atoms with Gasteiger partial charge in [0.1, 0.15) is 23.7 Å². The number of hydrogen-bond donors (Lipinski definition) is 6. The number of carbonyl (C=O) groups excluding carboxylic acids is 1. The lowest BCUT2D eigenvalue weighted by Gasteiger charge is -2.42. The first-order chi connectivity index (χ1) is 9.40. The Bertz CT molecular complexity index is 321. The molecule has 1 heterocycles. The van der Waals surface area contributed by atoms with Crippen molar-refractivity contribution in [1.29, 1.82) is 0 Å². The van der Waals surface area contributed by atoms with E-state index < -0.39 is 42.5 Å². The van der Waals surface area contributed by atoms with Crippen LogP contribution in [0.3, 0.4) is 0 Å². The first-order valence-electron chi connectivity index (χ1n) is 6.30. The summed E-state index contributed by atoms with van der Waals surface area (Å²) in [6.07, 6.45) is -4.24. The number of thioether (sulfide) groups is 1. The van der Waals surface area contributed by atoms with E-state index in [1.54, 1.807) is 0 Å². The molecule has 0 aromatic carbocycles. The van der Waals surface area contributed by atoms with Crippen LogP contribution in [0.4, 0.5) is 0 Å². The highest BCUT2D eigenvalue weighted by Crippen LogP contribution is 2.28. The highest BCUT2D eigenvalue weighted by atomic mass is 32.2. The van der Waals surface area contributed by atoms with Crippen LogP contribution in [0.15, 0.2) is 0 Å². The molecule has 1 saturated heterocycles. The number of amides is 1. The zero-order valence-corrected chi connectivity index (χ0v) is 12.0. The van der Waals surface area contributed by atoms with Crippen LogP contribution in [-0.4, -0.2) is 81.1 Å². The predicted molar refractivity (Wildman–Crippen MR) is 72.9 cm³/mol. The first kappa shape index (κ1) is 17.6. The summed E-state index contributed by atoms with van der Waals surface area (Å²) in [6, 6.07) is -0.833. The smallest absolute Gasteiger partial charge is 0.217 e. The number of aliphatic hydroxyl groups excluding tert-OH is 4. The quantitative estimate of drug-likeness (QED) is 0.304. The number of rotatable bonds is 6. The van der Waals surface area contributed by atoms with Gasteiger partial charge in [0.2, 0.25) is 5.91 Å². The van der Waals surface area contributed by atoms with Crippen molar-refractivity contribution in [2.45, 2.75) is 42.8 Å². The fourth-order valence-corrected chi connectivity index (χ4v) is 3.09. The van der Waals surface area contributed by atoms with Crippen molar-refractivity contribution in [1.82, 2.24) is 5.32 Å². The average Bonchev–Trinajstić information content (AvgIpc) is 2.42. The maximum Gasteiger partial charge on any atom is 0.217 e. The molecular weight excluding hydrogens is 288 g/mol. The van der Waals surface area contributed by atoms with Gasteiger partial charge < -0.3 is 36.2 Å². The highest BCUT2D eigenvalue weighted by molar-refractivity contribution is 7.99. The van der Waals surface area contributed by atoms with E-state index in [-0.39, 0.29) is 18.2 Å². The molecule has 7 N–H and O–H groups in total. The number of carbonyl (C=O) groups is 1. The fraction of sp³-hybridized carbons (Fsp3) is 0.909. The second-order valence-electron chi connectivity index (χ2n) is 4.66. The molecular formula is C11H22N2O6S. The lowest BCUT2D eigenvalue weighted by Crippen LogP contribution is -2.63. The van der Waals surface area contributed by atoms with E-state index in [2.05, 4.69) is 5.32 Å². The molecule has 1 fully saturated rings. The van der Waals surface area contributed by atoms with Crippen LogP contribution >= 0.6 is 11.8 Å². The van der Waals surface area contributed by atoms with Crippen LogP contribution in [0, 0.1) is 0 Å². The van der Waals surface area contributed by atoms with Crippen LogP contribution in [0.25, 0.3) is 0 Å². The topological polar surface area (TPSA) is 145 Å². The minimum atomic E-state index is -1.30. The third-order valence-electron chi connectivity index (χ3n) is 2.98. The standard InChI is InChI=1S/C11H22N2O6S/c1-5(15)13-8-10(18)9(17)7(3-14)19-11(8)20-4-6(16)2-12/h6-11,14,16-18H,2-4,12H2,1H3,(H,13,15)/t6-,7+,8+,9+,10+,11+/m0/s1. The largest absolute Gasteiger partial charge is 0.394 e. The summed E-state index contributed by atoms with van der Waals surface area (Å²) in [5.74, 6) is -0.129. The van der Waals surface area contributed by atoms with E-state index in [0.29, 0.717) is 0 Å². The van der Waals surface area contributed by atoms with Crippen molar-refractivity contribution in [3.05, 3.63) is 0 Å². The van der Waals surface area contributed by atoms with Gasteiger partial charge in [-0.25, -0.2) is 0 Å². The second kappa shape index (κ2) is 8.13. The second-order valence-corrected chi connectivity index (χ2v) is 5.79. The van der Waals surface area contributed by atoms with Gasteiger partial charge in [-0.2, -0.15) is 0 Å². The lowest BCUT2D eigenvalue weighted by molar-refractivity contribution is -0.173. The molecule has 20 heavy (non-hydrogen) atoms. The lowest BCUT2D eigenvalue weighted by atomic mass is 9.98. The van der Waals surface area contributed by atoms with E-state index in [9.17, 15) is 20.1 Å². The van der Waals surface area contributed by atoms with E-state index in [1.807, 2.05) is 0 Å². The van der Waals surface area contributed by atoms with Gasteiger partial charge in [0, 0.05) is 19.2 Å². The van der Waals surface area contributed by atoms with Crippen molar-refractivity contribution in [2.75, 3.05) is 18.9 Å². The molecule has 0 aliphatic carbocycles. The molecule has 6 atom stereocenters. The SMILES string of the molecule is CC(=O)N[C@@H]1[C@@H](O)[C@H](O)[C@@H](CO)O[C@@H]1SC[C@@H](O)CN. The summed E-state index contributed by atoms with van der Waals surface area (Å²) in [6.45, 7) is 0.911. The Morgan fingerprint density at radius 1 is 1.45 bits per heavy atom. The van der Waals surface area contributed by atoms with Crippen LogP contribution in [-0.2, 0) is 9.53 Å². The highest BCUT2D eigenvalue weighted by Gasteiger charge is 2.44. The molecule has 0 radical (unpaired) electrons. The summed E-state index contributed by atoms with van der Waals surface area (Å²) in [5, 5.41) is 40.9.